The van der Waals surface area contributed by atoms with Crippen molar-refractivity contribution in [2.24, 2.45) is 0 Å². The number of nitro groups is 1. The molecule has 1 unspecified atom stereocenters. The first kappa shape index (κ1) is 15.4. The molecule has 0 fully saturated rings. The summed E-state index contributed by atoms with van der Waals surface area (Å²) in [6, 6.07) is 6.51. The van der Waals surface area contributed by atoms with Crippen LogP contribution in [-0.2, 0) is 0 Å². The van der Waals surface area contributed by atoms with Crippen LogP contribution in [0.15, 0.2) is 34.3 Å². The first-order valence-corrected chi connectivity index (χ1v) is 7.15. The molecular formula is C14H15N3O3S. The molecule has 6 nitrogen and oxygen atoms in total. The Morgan fingerprint density at radius 3 is 2.38 bits per heavy atom. The molecule has 1 aromatic carbocycles. The van der Waals surface area contributed by atoms with E-state index in [0.717, 1.165) is 23.1 Å². The van der Waals surface area contributed by atoms with Crippen molar-refractivity contribution in [2.75, 3.05) is 0 Å². The highest BCUT2D eigenvalue weighted by Gasteiger charge is 2.18. The van der Waals surface area contributed by atoms with Crippen molar-refractivity contribution in [2.45, 2.75) is 36.9 Å². The molecule has 110 valence electrons. The molecule has 0 radical (unpaired) electrons. The van der Waals surface area contributed by atoms with E-state index in [4.69, 9.17) is 0 Å². The molecule has 0 saturated heterocycles. The fourth-order valence-corrected chi connectivity index (χ4v) is 2.81. The molecule has 2 rings (SSSR count). The first-order chi connectivity index (χ1) is 9.86. The van der Waals surface area contributed by atoms with E-state index < -0.39 is 11.0 Å². The number of aliphatic hydroxyl groups is 1. The summed E-state index contributed by atoms with van der Waals surface area (Å²) >= 11 is 1.15. The Morgan fingerprint density at radius 2 is 1.86 bits per heavy atom. The summed E-state index contributed by atoms with van der Waals surface area (Å²) in [5.74, 6) is 0. The fourth-order valence-electron chi connectivity index (χ4n) is 1.86. The van der Waals surface area contributed by atoms with Crippen molar-refractivity contribution in [1.82, 2.24) is 9.97 Å². The van der Waals surface area contributed by atoms with E-state index in [0.29, 0.717) is 15.6 Å². The maximum atomic E-state index is 11.2. The van der Waals surface area contributed by atoms with Crippen LogP contribution >= 0.6 is 11.8 Å². The second kappa shape index (κ2) is 6.19. The van der Waals surface area contributed by atoms with Gasteiger partial charge in [0.1, 0.15) is 0 Å². The summed E-state index contributed by atoms with van der Waals surface area (Å²) in [5, 5.41) is 21.2. The van der Waals surface area contributed by atoms with Gasteiger partial charge in [-0.15, -0.1) is 0 Å². The zero-order valence-electron chi connectivity index (χ0n) is 11.9. The van der Waals surface area contributed by atoms with Gasteiger partial charge in [0, 0.05) is 17.5 Å². The minimum absolute atomic E-state index is 0.0545. The molecule has 0 aliphatic rings. The molecule has 21 heavy (non-hydrogen) atoms. The smallest absolute Gasteiger partial charge is 0.283 e. The van der Waals surface area contributed by atoms with Gasteiger partial charge in [-0.25, -0.2) is 9.97 Å². The average molecular weight is 305 g/mol. The highest BCUT2D eigenvalue weighted by Crippen LogP contribution is 2.34. The number of hydrogen-bond donors (Lipinski definition) is 1. The SMILES string of the molecule is Cc1cc(C)nc(Sc2ccc(C(C)O)cc2[N+](=O)[O-])n1. The van der Waals surface area contributed by atoms with Crippen LogP contribution in [0.25, 0.3) is 0 Å². The van der Waals surface area contributed by atoms with E-state index in [1.54, 1.807) is 19.1 Å². The molecule has 0 saturated carbocycles. The quantitative estimate of drug-likeness (QED) is 0.530. The lowest BCUT2D eigenvalue weighted by atomic mass is 10.1. The van der Waals surface area contributed by atoms with Crippen molar-refractivity contribution in [3.8, 4) is 0 Å². The lowest BCUT2D eigenvalue weighted by molar-refractivity contribution is -0.387. The molecule has 1 heterocycles. The topological polar surface area (TPSA) is 89.2 Å². The summed E-state index contributed by atoms with van der Waals surface area (Å²) in [5.41, 5.74) is 2.08. The average Bonchev–Trinajstić information content (AvgIpc) is 2.37. The molecule has 2 aromatic rings. The number of nitrogens with zero attached hydrogens (tertiary/aromatic N) is 3. The maximum Gasteiger partial charge on any atom is 0.283 e. The molecule has 1 N–H and O–H groups in total. The predicted molar refractivity (Wildman–Crippen MR) is 79.4 cm³/mol. The Kier molecular flexibility index (Phi) is 4.54. The van der Waals surface area contributed by atoms with Crippen LogP contribution in [0.4, 0.5) is 5.69 Å². The molecule has 0 aliphatic carbocycles. The van der Waals surface area contributed by atoms with Gasteiger partial charge >= 0.3 is 0 Å². The standard InChI is InChI=1S/C14H15N3O3S/c1-8-6-9(2)16-14(15-8)21-13-5-4-11(10(3)18)7-12(13)17(19)20/h4-7,10,18H,1-3H3. The number of rotatable bonds is 4. The number of hydrogen-bond acceptors (Lipinski definition) is 6. The molecule has 0 spiro atoms. The van der Waals surface area contributed by atoms with E-state index in [1.807, 2.05) is 19.9 Å². The Bertz CT molecular complexity index is 669. The number of aliphatic hydroxyl groups excluding tert-OH is 1. The van der Waals surface area contributed by atoms with Gasteiger partial charge in [0.2, 0.25) is 0 Å². The summed E-state index contributed by atoms with van der Waals surface area (Å²) in [7, 11) is 0. The van der Waals surface area contributed by atoms with Crippen molar-refractivity contribution in [3.05, 3.63) is 51.3 Å². The Labute approximate surface area is 126 Å². The van der Waals surface area contributed by atoms with E-state index in [2.05, 4.69) is 9.97 Å². The molecule has 7 heteroatoms. The number of nitro benzene ring substituents is 1. The summed E-state index contributed by atoms with van der Waals surface area (Å²) < 4.78 is 0. The zero-order chi connectivity index (χ0) is 15.6. The van der Waals surface area contributed by atoms with Gasteiger partial charge in [0.05, 0.1) is 15.9 Å². The highest BCUT2D eigenvalue weighted by molar-refractivity contribution is 7.99. The van der Waals surface area contributed by atoms with Gasteiger partial charge in [-0.3, -0.25) is 10.1 Å². The Balaban J connectivity index is 2.41. The lowest BCUT2D eigenvalue weighted by Crippen LogP contribution is -1.98. The van der Waals surface area contributed by atoms with Crippen molar-refractivity contribution >= 4 is 17.4 Å². The summed E-state index contributed by atoms with van der Waals surface area (Å²) in [4.78, 5) is 19.7. The van der Waals surface area contributed by atoms with Crippen LogP contribution < -0.4 is 0 Å². The third-order valence-corrected chi connectivity index (χ3v) is 3.76. The van der Waals surface area contributed by atoms with Crippen LogP contribution in [0.2, 0.25) is 0 Å². The third kappa shape index (κ3) is 3.77. The molecule has 0 amide bonds. The lowest BCUT2D eigenvalue weighted by Gasteiger charge is -2.07. The van der Waals surface area contributed by atoms with Gasteiger partial charge in [0.25, 0.3) is 5.69 Å². The molecular weight excluding hydrogens is 290 g/mol. The molecule has 0 aliphatic heterocycles. The van der Waals surface area contributed by atoms with Crippen LogP contribution in [0.3, 0.4) is 0 Å². The second-order valence-electron chi connectivity index (χ2n) is 4.70. The largest absolute Gasteiger partial charge is 0.389 e. The molecule has 1 atom stereocenters. The zero-order valence-corrected chi connectivity index (χ0v) is 12.7. The van der Waals surface area contributed by atoms with E-state index >= 15 is 0 Å². The van der Waals surface area contributed by atoms with Crippen LogP contribution in [0.1, 0.15) is 30.0 Å². The van der Waals surface area contributed by atoms with Gasteiger partial charge < -0.3 is 5.11 Å². The highest BCUT2D eigenvalue weighted by atomic mass is 32.2. The molecule has 0 bridgehead atoms. The van der Waals surface area contributed by atoms with E-state index in [-0.39, 0.29) is 5.69 Å². The normalized spacial score (nSPS) is 12.2. The number of benzene rings is 1. The third-order valence-electron chi connectivity index (χ3n) is 2.83. The maximum absolute atomic E-state index is 11.2. The van der Waals surface area contributed by atoms with Crippen LogP contribution in [0, 0.1) is 24.0 Å². The minimum Gasteiger partial charge on any atom is -0.389 e. The fraction of sp³-hybridized carbons (Fsp3) is 0.286. The van der Waals surface area contributed by atoms with Crippen LogP contribution in [0.5, 0.6) is 0 Å². The first-order valence-electron chi connectivity index (χ1n) is 6.33. The predicted octanol–water partition coefficient (Wildman–Crippen LogP) is 3.21. The van der Waals surface area contributed by atoms with Crippen molar-refractivity contribution < 1.29 is 10.0 Å². The van der Waals surface area contributed by atoms with E-state index in [9.17, 15) is 15.2 Å². The Morgan fingerprint density at radius 1 is 1.24 bits per heavy atom. The van der Waals surface area contributed by atoms with Crippen molar-refractivity contribution in [1.29, 1.82) is 0 Å². The number of aromatic nitrogens is 2. The Hall–Kier alpha value is -1.99. The summed E-state index contributed by atoms with van der Waals surface area (Å²) in [6.45, 7) is 5.27. The van der Waals surface area contributed by atoms with Gasteiger partial charge in [-0.2, -0.15) is 0 Å². The second-order valence-corrected chi connectivity index (χ2v) is 5.70. The van der Waals surface area contributed by atoms with Crippen LogP contribution in [-0.4, -0.2) is 20.0 Å². The van der Waals surface area contributed by atoms with Crippen molar-refractivity contribution in [3.63, 3.8) is 0 Å². The monoisotopic (exact) mass is 305 g/mol. The van der Waals surface area contributed by atoms with Gasteiger partial charge in [-0.05, 0) is 50.2 Å². The summed E-state index contributed by atoms with van der Waals surface area (Å²) in [6.07, 6.45) is -0.750. The van der Waals surface area contributed by atoms with Gasteiger partial charge in [0.15, 0.2) is 5.16 Å². The van der Waals surface area contributed by atoms with E-state index in [1.165, 1.54) is 6.07 Å². The number of aryl methyl sites for hydroxylation is 2. The van der Waals surface area contributed by atoms with Gasteiger partial charge in [-0.1, -0.05) is 6.07 Å². The minimum atomic E-state index is -0.750. The molecule has 1 aromatic heterocycles.